The van der Waals surface area contributed by atoms with Crippen molar-refractivity contribution in [3.8, 4) is 0 Å². The summed E-state index contributed by atoms with van der Waals surface area (Å²) in [4.78, 5) is 0. The van der Waals surface area contributed by atoms with Gasteiger partial charge in [0.15, 0.2) is 0 Å². The fourth-order valence-electron chi connectivity index (χ4n) is 1.52. The molecule has 17 heavy (non-hydrogen) atoms. The molecule has 2 nitrogen and oxygen atoms in total. The van der Waals surface area contributed by atoms with Gasteiger partial charge in [-0.2, -0.15) is 13.2 Å². The third kappa shape index (κ3) is 5.19. The van der Waals surface area contributed by atoms with Crippen LogP contribution in [0.3, 0.4) is 0 Å². The van der Waals surface area contributed by atoms with Gasteiger partial charge in [-0.25, -0.2) is 0 Å². The number of hydrogen-bond donors (Lipinski definition) is 1. The van der Waals surface area contributed by atoms with Crippen molar-refractivity contribution in [1.82, 2.24) is 0 Å². The van der Waals surface area contributed by atoms with Gasteiger partial charge in [0, 0.05) is 13.5 Å². The second kappa shape index (κ2) is 6.02. The van der Waals surface area contributed by atoms with E-state index in [4.69, 9.17) is 4.74 Å². The van der Waals surface area contributed by atoms with E-state index in [9.17, 15) is 18.3 Å². The molecule has 1 aromatic carbocycles. The van der Waals surface area contributed by atoms with Gasteiger partial charge in [-0.15, -0.1) is 0 Å². The lowest BCUT2D eigenvalue weighted by Crippen LogP contribution is -2.10. The Morgan fingerprint density at radius 3 is 2.65 bits per heavy atom. The molecule has 0 saturated heterocycles. The number of rotatable bonds is 5. The van der Waals surface area contributed by atoms with E-state index in [0.29, 0.717) is 12.2 Å². The molecule has 0 fully saturated rings. The smallest absolute Gasteiger partial charge is 0.388 e. The van der Waals surface area contributed by atoms with E-state index < -0.39 is 18.7 Å². The molecule has 0 radical (unpaired) electrons. The van der Waals surface area contributed by atoms with Crippen LogP contribution in [0.5, 0.6) is 0 Å². The second-order valence-corrected chi connectivity index (χ2v) is 3.85. The first-order valence-corrected chi connectivity index (χ1v) is 5.25. The van der Waals surface area contributed by atoms with Crippen LogP contribution in [0.4, 0.5) is 13.2 Å². The van der Waals surface area contributed by atoms with Gasteiger partial charge in [-0.1, -0.05) is 24.3 Å². The first-order valence-electron chi connectivity index (χ1n) is 5.25. The van der Waals surface area contributed by atoms with E-state index in [-0.39, 0.29) is 6.42 Å². The summed E-state index contributed by atoms with van der Waals surface area (Å²) in [6, 6.07) is 6.76. The summed E-state index contributed by atoms with van der Waals surface area (Å²) in [5.41, 5.74) is 1.32. The quantitative estimate of drug-likeness (QED) is 0.867. The number of aliphatic hydroxyl groups is 1. The van der Waals surface area contributed by atoms with Gasteiger partial charge in [-0.05, 0) is 17.5 Å². The molecule has 0 aliphatic carbocycles. The van der Waals surface area contributed by atoms with E-state index in [1.165, 1.54) is 7.11 Å². The highest BCUT2D eigenvalue weighted by molar-refractivity contribution is 5.24. The monoisotopic (exact) mass is 248 g/mol. The fourth-order valence-corrected chi connectivity index (χ4v) is 1.52. The van der Waals surface area contributed by atoms with Crippen molar-refractivity contribution in [2.75, 3.05) is 7.11 Å². The van der Waals surface area contributed by atoms with Crippen LogP contribution in [0, 0.1) is 0 Å². The summed E-state index contributed by atoms with van der Waals surface area (Å²) < 4.78 is 40.9. The van der Waals surface area contributed by atoms with Gasteiger partial charge in [0.05, 0.1) is 12.7 Å². The number of alkyl halides is 3. The van der Waals surface area contributed by atoms with Crippen LogP contribution in [0.15, 0.2) is 24.3 Å². The predicted octanol–water partition coefficient (Wildman–Crippen LogP) is 3.21. The molecule has 1 rings (SSSR count). The van der Waals surface area contributed by atoms with Crippen LogP contribution in [-0.4, -0.2) is 18.4 Å². The molecule has 0 aliphatic rings. The Morgan fingerprint density at radius 2 is 2.06 bits per heavy atom. The summed E-state index contributed by atoms with van der Waals surface area (Å²) in [5, 5.41) is 9.64. The summed E-state index contributed by atoms with van der Waals surface area (Å²) in [7, 11) is 1.53. The molecule has 5 heteroatoms. The Hall–Kier alpha value is -1.07. The first-order chi connectivity index (χ1) is 7.92. The van der Waals surface area contributed by atoms with Gasteiger partial charge < -0.3 is 9.84 Å². The van der Waals surface area contributed by atoms with Crippen LogP contribution < -0.4 is 0 Å². The van der Waals surface area contributed by atoms with Crippen molar-refractivity contribution < 1.29 is 23.0 Å². The molecule has 1 aromatic rings. The van der Waals surface area contributed by atoms with E-state index in [1.807, 2.05) is 0 Å². The third-order valence-electron chi connectivity index (χ3n) is 2.35. The molecule has 0 saturated carbocycles. The van der Waals surface area contributed by atoms with Crippen LogP contribution in [0.2, 0.25) is 0 Å². The van der Waals surface area contributed by atoms with Crippen LogP contribution in [-0.2, 0) is 11.3 Å². The zero-order valence-corrected chi connectivity index (χ0v) is 9.50. The Balaban J connectivity index is 2.62. The molecular weight excluding hydrogens is 233 g/mol. The molecule has 0 spiro atoms. The highest BCUT2D eigenvalue weighted by Crippen LogP contribution is 2.27. The molecule has 96 valence electrons. The van der Waals surface area contributed by atoms with Crippen molar-refractivity contribution in [2.24, 2.45) is 0 Å². The van der Waals surface area contributed by atoms with E-state index in [1.54, 1.807) is 24.3 Å². The molecule has 1 N–H and O–H groups in total. The van der Waals surface area contributed by atoms with Crippen LogP contribution >= 0.6 is 0 Å². The number of ether oxygens (including phenoxy) is 1. The molecule has 0 amide bonds. The Labute approximate surface area is 98.0 Å². The normalized spacial score (nSPS) is 13.7. The van der Waals surface area contributed by atoms with E-state index in [0.717, 1.165) is 5.56 Å². The second-order valence-electron chi connectivity index (χ2n) is 3.85. The van der Waals surface area contributed by atoms with Crippen molar-refractivity contribution >= 4 is 0 Å². The standard InChI is InChI=1S/C12H15F3O2/c1-17-8-9-3-2-4-10(7-9)11(16)5-6-12(13,14)15/h2-4,7,11,16H,5-6,8H2,1H3. The lowest BCUT2D eigenvalue weighted by atomic mass is 10.0. The number of benzene rings is 1. The van der Waals surface area contributed by atoms with Gasteiger partial charge in [-0.3, -0.25) is 0 Å². The fraction of sp³-hybridized carbons (Fsp3) is 0.500. The molecule has 0 aliphatic heterocycles. The molecule has 0 heterocycles. The predicted molar refractivity (Wildman–Crippen MR) is 57.4 cm³/mol. The minimum atomic E-state index is -4.23. The van der Waals surface area contributed by atoms with E-state index in [2.05, 4.69) is 0 Å². The highest BCUT2D eigenvalue weighted by atomic mass is 19.4. The number of hydrogen-bond acceptors (Lipinski definition) is 2. The van der Waals surface area contributed by atoms with Gasteiger partial charge in [0.2, 0.25) is 0 Å². The Morgan fingerprint density at radius 1 is 1.35 bits per heavy atom. The minimum Gasteiger partial charge on any atom is -0.388 e. The van der Waals surface area contributed by atoms with E-state index >= 15 is 0 Å². The molecule has 1 unspecified atom stereocenters. The number of aliphatic hydroxyl groups excluding tert-OH is 1. The maximum atomic E-state index is 12.0. The van der Waals surface area contributed by atoms with Crippen molar-refractivity contribution in [3.05, 3.63) is 35.4 Å². The van der Waals surface area contributed by atoms with Crippen molar-refractivity contribution in [1.29, 1.82) is 0 Å². The zero-order valence-electron chi connectivity index (χ0n) is 9.50. The van der Waals surface area contributed by atoms with Gasteiger partial charge in [0.25, 0.3) is 0 Å². The minimum absolute atomic E-state index is 0.320. The molecule has 0 aromatic heterocycles. The lowest BCUT2D eigenvalue weighted by molar-refractivity contribution is -0.140. The average molecular weight is 248 g/mol. The SMILES string of the molecule is COCc1cccc(C(O)CCC(F)(F)F)c1. The lowest BCUT2D eigenvalue weighted by Gasteiger charge is -2.13. The molecule has 1 atom stereocenters. The summed E-state index contributed by atoms with van der Waals surface area (Å²) in [6.45, 7) is 0.375. The molecule has 0 bridgehead atoms. The Bertz CT molecular complexity index is 350. The van der Waals surface area contributed by atoms with Gasteiger partial charge in [0.1, 0.15) is 0 Å². The topological polar surface area (TPSA) is 29.5 Å². The van der Waals surface area contributed by atoms with Crippen molar-refractivity contribution in [2.45, 2.75) is 31.7 Å². The number of halogens is 3. The van der Waals surface area contributed by atoms with Crippen LogP contribution in [0.1, 0.15) is 30.1 Å². The third-order valence-corrected chi connectivity index (χ3v) is 2.35. The van der Waals surface area contributed by atoms with Crippen molar-refractivity contribution in [3.63, 3.8) is 0 Å². The number of methoxy groups -OCH3 is 1. The maximum absolute atomic E-state index is 12.0. The summed E-state index contributed by atoms with van der Waals surface area (Å²) >= 11 is 0. The maximum Gasteiger partial charge on any atom is 0.389 e. The Kier molecular flexibility index (Phi) is 4.96. The largest absolute Gasteiger partial charge is 0.389 e. The zero-order chi connectivity index (χ0) is 12.9. The summed E-state index contributed by atoms with van der Waals surface area (Å²) in [5.74, 6) is 0. The average Bonchev–Trinajstić information content (AvgIpc) is 2.26. The summed E-state index contributed by atoms with van der Waals surface area (Å²) in [6.07, 6.45) is -6.62. The molecular formula is C12H15F3O2. The highest BCUT2D eigenvalue weighted by Gasteiger charge is 2.28. The van der Waals surface area contributed by atoms with Gasteiger partial charge >= 0.3 is 6.18 Å². The first kappa shape index (κ1) is 14.0. The van der Waals surface area contributed by atoms with Crippen LogP contribution in [0.25, 0.3) is 0 Å².